The van der Waals surface area contributed by atoms with E-state index in [4.69, 9.17) is 4.74 Å². The minimum atomic E-state index is -2.80. The molecule has 1 atom stereocenters. The minimum Gasteiger partial charge on any atom is -0.496 e. The lowest BCUT2D eigenvalue weighted by atomic mass is 10.0. The summed E-state index contributed by atoms with van der Waals surface area (Å²) in [6.45, 7) is 0.594. The second-order valence-electron chi connectivity index (χ2n) is 5.95. The van der Waals surface area contributed by atoms with Gasteiger partial charge in [0.1, 0.15) is 11.5 Å². The fourth-order valence-corrected chi connectivity index (χ4v) is 3.19. The molecule has 0 aliphatic carbocycles. The van der Waals surface area contributed by atoms with E-state index in [2.05, 4.69) is 21.0 Å². The van der Waals surface area contributed by atoms with Crippen LogP contribution in [0.2, 0.25) is 0 Å². The van der Waals surface area contributed by atoms with E-state index < -0.39 is 6.61 Å². The quantitative estimate of drug-likeness (QED) is 0.867. The maximum atomic E-state index is 12.3. The van der Waals surface area contributed by atoms with Gasteiger partial charge in [-0.3, -0.25) is 4.90 Å². The summed E-state index contributed by atoms with van der Waals surface area (Å²) in [6, 6.07) is 15.1. The summed E-state index contributed by atoms with van der Waals surface area (Å²) in [5, 5.41) is 3.43. The van der Waals surface area contributed by atoms with Crippen LogP contribution in [0.15, 0.2) is 48.5 Å². The van der Waals surface area contributed by atoms with Gasteiger partial charge in [-0.05, 0) is 23.8 Å². The van der Waals surface area contributed by atoms with Crippen LogP contribution < -0.4 is 14.8 Å². The molecule has 1 aliphatic rings. The Morgan fingerprint density at radius 1 is 1.16 bits per heavy atom. The highest BCUT2D eigenvalue weighted by molar-refractivity contribution is 5.36. The molecule has 6 heteroatoms. The van der Waals surface area contributed by atoms with Crippen LogP contribution in [-0.2, 0) is 6.54 Å². The average molecular weight is 348 g/mol. The molecule has 1 aliphatic heterocycles. The van der Waals surface area contributed by atoms with Gasteiger partial charge in [-0.25, -0.2) is 0 Å². The summed E-state index contributed by atoms with van der Waals surface area (Å²) in [4.78, 5) is 2.37. The SMILES string of the molecule is COc1ccccc1C1CNCCN1Cc1ccc(OC(F)F)cc1. The lowest BCUT2D eigenvalue weighted by Gasteiger charge is -2.37. The van der Waals surface area contributed by atoms with Crippen LogP contribution in [0.5, 0.6) is 11.5 Å². The molecule has 0 bridgehead atoms. The predicted octanol–water partition coefficient (Wildman–Crippen LogP) is 3.44. The van der Waals surface area contributed by atoms with Crippen molar-refractivity contribution in [2.24, 2.45) is 0 Å². The van der Waals surface area contributed by atoms with Crippen molar-refractivity contribution in [2.75, 3.05) is 26.7 Å². The van der Waals surface area contributed by atoms with Crippen LogP contribution in [0, 0.1) is 0 Å². The van der Waals surface area contributed by atoms with Gasteiger partial charge in [0.15, 0.2) is 0 Å². The Morgan fingerprint density at radius 3 is 2.64 bits per heavy atom. The van der Waals surface area contributed by atoms with Crippen LogP contribution in [0.4, 0.5) is 8.78 Å². The molecule has 4 nitrogen and oxygen atoms in total. The fraction of sp³-hybridized carbons (Fsp3) is 0.368. The molecular formula is C19H22F2N2O2. The average Bonchev–Trinajstić information content (AvgIpc) is 2.63. The number of hydrogen-bond acceptors (Lipinski definition) is 4. The van der Waals surface area contributed by atoms with Crippen LogP contribution in [0.3, 0.4) is 0 Å². The van der Waals surface area contributed by atoms with E-state index in [1.54, 1.807) is 19.2 Å². The first-order chi connectivity index (χ1) is 12.2. The second kappa shape index (κ2) is 8.27. The van der Waals surface area contributed by atoms with Crippen molar-refractivity contribution in [3.05, 3.63) is 59.7 Å². The van der Waals surface area contributed by atoms with Gasteiger partial charge in [-0.15, -0.1) is 0 Å². The summed E-state index contributed by atoms with van der Waals surface area (Å²) in [5.74, 6) is 1.06. The van der Waals surface area contributed by atoms with Gasteiger partial charge in [-0.1, -0.05) is 30.3 Å². The number of methoxy groups -OCH3 is 1. The van der Waals surface area contributed by atoms with E-state index in [-0.39, 0.29) is 11.8 Å². The van der Waals surface area contributed by atoms with E-state index >= 15 is 0 Å². The second-order valence-corrected chi connectivity index (χ2v) is 5.95. The molecular weight excluding hydrogens is 326 g/mol. The zero-order chi connectivity index (χ0) is 17.6. The Balaban J connectivity index is 1.75. The number of rotatable bonds is 6. The number of ether oxygens (including phenoxy) is 2. The number of halogens is 2. The molecule has 2 aromatic rings. The standard InChI is InChI=1S/C19H22F2N2O2/c1-24-18-5-3-2-4-16(18)17-12-22-10-11-23(17)13-14-6-8-15(9-7-14)25-19(20)21/h2-9,17,19,22H,10-13H2,1H3. The molecule has 1 fully saturated rings. The van der Waals surface area contributed by atoms with Gasteiger partial charge < -0.3 is 14.8 Å². The first kappa shape index (κ1) is 17.6. The van der Waals surface area contributed by atoms with Gasteiger partial charge in [0.25, 0.3) is 0 Å². The van der Waals surface area contributed by atoms with Crippen molar-refractivity contribution >= 4 is 0 Å². The Kier molecular flexibility index (Phi) is 5.83. The summed E-state index contributed by atoms with van der Waals surface area (Å²) in [6.07, 6.45) is 0. The maximum absolute atomic E-state index is 12.3. The van der Waals surface area contributed by atoms with Gasteiger partial charge in [0.2, 0.25) is 0 Å². The Hall–Kier alpha value is -2.18. The molecule has 1 unspecified atom stereocenters. The van der Waals surface area contributed by atoms with E-state index in [9.17, 15) is 8.78 Å². The fourth-order valence-electron chi connectivity index (χ4n) is 3.19. The Morgan fingerprint density at radius 2 is 1.92 bits per heavy atom. The number of para-hydroxylation sites is 1. The number of nitrogens with zero attached hydrogens (tertiary/aromatic N) is 1. The monoisotopic (exact) mass is 348 g/mol. The molecule has 0 aromatic heterocycles. The lowest BCUT2D eigenvalue weighted by Crippen LogP contribution is -2.45. The summed E-state index contributed by atoms with van der Waals surface area (Å²) < 4.78 is 34.4. The highest BCUT2D eigenvalue weighted by atomic mass is 19.3. The van der Waals surface area contributed by atoms with Gasteiger partial charge in [0, 0.05) is 31.7 Å². The number of hydrogen-bond donors (Lipinski definition) is 1. The minimum absolute atomic E-state index is 0.181. The Bertz CT molecular complexity index is 679. The molecule has 1 N–H and O–H groups in total. The van der Waals surface area contributed by atoms with Crippen LogP contribution in [-0.4, -0.2) is 38.3 Å². The molecule has 3 rings (SSSR count). The van der Waals surface area contributed by atoms with Crippen molar-refractivity contribution in [3.8, 4) is 11.5 Å². The number of piperazine rings is 1. The number of alkyl halides is 2. The largest absolute Gasteiger partial charge is 0.496 e. The van der Waals surface area contributed by atoms with Crippen LogP contribution in [0.25, 0.3) is 0 Å². The zero-order valence-corrected chi connectivity index (χ0v) is 14.1. The normalized spacial score (nSPS) is 18.3. The Labute approximate surface area is 146 Å². The van der Waals surface area contributed by atoms with Crippen molar-refractivity contribution < 1.29 is 18.3 Å². The van der Waals surface area contributed by atoms with E-state index in [1.807, 2.05) is 30.3 Å². The van der Waals surface area contributed by atoms with Gasteiger partial charge in [0.05, 0.1) is 13.2 Å². The molecule has 0 saturated carbocycles. The van der Waals surface area contributed by atoms with E-state index in [0.29, 0.717) is 0 Å². The number of nitrogens with one attached hydrogen (secondary N) is 1. The van der Waals surface area contributed by atoms with Crippen molar-refractivity contribution in [1.82, 2.24) is 10.2 Å². The number of benzene rings is 2. The summed E-state index contributed by atoms with van der Waals surface area (Å²) in [5.41, 5.74) is 2.21. The topological polar surface area (TPSA) is 33.7 Å². The highest BCUT2D eigenvalue weighted by Crippen LogP contribution is 2.31. The van der Waals surface area contributed by atoms with Gasteiger partial charge in [-0.2, -0.15) is 8.78 Å². The molecule has 1 saturated heterocycles. The molecule has 1 heterocycles. The smallest absolute Gasteiger partial charge is 0.387 e. The van der Waals surface area contributed by atoms with Crippen molar-refractivity contribution in [1.29, 1.82) is 0 Å². The first-order valence-electron chi connectivity index (χ1n) is 8.29. The zero-order valence-electron chi connectivity index (χ0n) is 14.1. The maximum Gasteiger partial charge on any atom is 0.387 e. The first-order valence-corrected chi connectivity index (χ1v) is 8.29. The molecule has 25 heavy (non-hydrogen) atoms. The third-order valence-corrected chi connectivity index (χ3v) is 4.39. The van der Waals surface area contributed by atoms with Crippen molar-refractivity contribution in [3.63, 3.8) is 0 Å². The molecule has 0 spiro atoms. The molecule has 2 aromatic carbocycles. The van der Waals surface area contributed by atoms with Crippen molar-refractivity contribution in [2.45, 2.75) is 19.2 Å². The molecule has 0 amide bonds. The summed E-state index contributed by atoms with van der Waals surface area (Å²) in [7, 11) is 1.68. The summed E-state index contributed by atoms with van der Waals surface area (Å²) >= 11 is 0. The third-order valence-electron chi connectivity index (χ3n) is 4.39. The van der Waals surface area contributed by atoms with Crippen LogP contribution >= 0.6 is 0 Å². The lowest BCUT2D eigenvalue weighted by molar-refractivity contribution is -0.0498. The van der Waals surface area contributed by atoms with E-state index in [0.717, 1.165) is 43.1 Å². The predicted molar refractivity (Wildman–Crippen MR) is 92.1 cm³/mol. The third kappa shape index (κ3) is 4.46. The van der Waals surface area contributed by atoms with Crippen LogP contribution in [0.1, 0.15) is 17.2 Å². The molecule has 134 valence electrons. The molecule has 0 radical (unpaired) electrons. The highest BCUT2D eigenvalue weighted by Gasteiger charge is 2.26. The van der Waals surface area contributed by atoms with Gasteiger partial charge >= 0.3 is 6.61 Å². The van der Waals surface area contributed by atoms with E-state index in [1.165, 1.54) is 0 Å².